The highest BCUT2D eigenvalue weighted by Crippen LogP contribution is 2.18. The number of benzene rings is 1. The van der Waals surface area contributed by atoms with Gasteiger partial charge in [0.1, 0.15) is 17.4 Å². The average molecular weight is 316 g/mol. The van der Waals surface area contributed by atoms with E-state index in [1.807, 2.05) is 30.3 Å². The summed E-state index contributed by atoms with van der Waals surface area (Å²) in [5.74, 6) is 0.189. The lowest BCUT2D eigenvalue weighted by Gasteiger charge is -1.99. The smallest absolute Gasteiger partial charge is 0.207 e. The molecule has 4 heteroatoms. The summed E-state index contributed by atoms with van der Waals surface area (Å²) in [6.07, 6.45) is 3.01. The molecule has 0 radical (unpaired) electrons. The van der Waals surface area contributed by atoms with Crippen LogP contribution in [0.2, 0.25) is 0 Å². The van der Waals surface area contributed by atoms with E-state index < -0.39 is 0 Å². The summed E-state index contributed by atoms with van der Waals surface area (Å²) >= 11 is 3.35. The lowest BCUT2D eigenvalue weighted by Crippen LogP contribution is -2.02. The third kappa shape index (κ3) is 3.01. The summed E-state index contributed by atoms with van der Waals surface area (Å²) in [6.45, 7) is 1.70. The third-order valence-corrected chi connectivity index (χ3v) is 3.12. The molecule has 0 unspecified atom stereocenters. The van der Waals surface area contributed by atoms with Crippen LogP contribution in [0, 0.1) is 18.3 Å². The van der Waals surface area contributed by atoms with Gasteiger partial charge in [0.2, 0.25) is 5.78 Å². The van der Waals surface area contributed by atoms with Gasteiger partial charge in [0.15, 0.2) is 0 Å². The van der Waals surface area contributed by atoms with Crippen molar-refractivity contribution >= 4 is 27.8 Å². The summed E-state index contributed by atoms with van der Waals surface area (Å²) in [5, 5.41) is 9.14. The quantitative estimate of drug-likeness (QED) is 0.486. The Bertz CT molecular complexity index is 692. The fourth-order valence-electron chi connectivity index (χ4n) is 1.68. The van der Waals surface area contributed by atoms with Crippen molar-refractivity contribution in [2.24, 2.45) is 0 Å². The maximum atomic E-state index is 12.2. The predicted molar refractivity (Wildman–Crippen MR) is 75.5 cm³/mol. The minimum Gasteiger partial charge on any atom is -0.469 e. The molecule has 0 fully saturated rings. The zero-order chi connectivity index (χ0) is 13.8. The molecule has 0 aliphatic carbocycles. The molecule has 0 aliphatic rings. The SMILES string of the molecule is Cc1occc1C(=O)/C(C#N)=C/c1cccc(Br)c1. The monoisotopic (exact) mass is 315 g/mol. The zero-order valence-corrected chi connectivity index (χ0v) is 11.8. The average Bonchev–Trinajstić information content (AvgIpc) is 2.81. The van der Waals surface area contributed by atoms with Gasteiger partial charge in [-0.1, -0.05) is 28.1 Å². The second-order valence-corrected chi connectivity index (χ2v) is 4.86. The highest BCUT2D eigenvalue weighted by molar-refractivity contribution is 9.10. The van der Waals surface area contributed by atoms with Crippen LogP contribution in [-0.4, -0.2) is 5.78 Å². The summed E-state index contributed by atoms with van der Waals surface area (Å²) in [6, 6.07) is 10.9. The number of carbonyl (C=O) groups is 1. The molecule has 2 aromatic rings. The van der Waals surface area contributed by atoms with Crippen LogP contribution in [-0.2, 0) is 0 Å². The van der Waals surface area contributed by atoms with Crippen LogP contribution in [0.1, 0.15) is 21.7 Å². The van der Waals surface area contributed by atoms with Crippen LogP contribution in [0.5, 0.6) is 0 Å². The van der Waals surface area contributed by atoms with E-state index in [-0.39, 0.29) is 11.4 Å². The van der Waals surface area contributed by atoms with Crippen molar-refractivity contribution in [2.75, 3.05) is 0 Å². The fourth-order valence-corrected chi connectivity index (χ4v) is 2.09. The number of Topliss-reactive ketones (excluding diaryl/α,β-unsaturated/α-hetero) is 1. The van der Waals surface area contributed by atoms with E-state index in [4.69, 9.17) is 9.68 Å². The van der Waals surface area contributed by atoms with Gasteiger partial charge < -0.3 is 4.42 Å². The molecular weight excluding hydrogens is 306 g/mol. The summed E-state index contributed by atoms with van der Waals surface area (Å²) < 4.78 is 5.98. The molecule has 2 rings (SSSR count). The first-order valence-electron chi connectivity index (χ1n) is 5.58. The fraction of sp³-hybridized carbons (Fsp3) is 0.0667. The molecule has 0 N–H and O–H groups in total. The molecule has 0 saturated carbocycles. The Kier molecular flexibility index (Phi) is 3.98. The van der Waals surface area contributed by atoms with Gasteiger partial charge >= 0.3 is 0 Å². The van der Waals surface area contributed by atoms with Crippen molar-refractivity contribution in [3.63, 3.8) is 0 Å². The second-order valence-electron chi connectivity index (χ2n) is 3.94. The van der Waals surface area contributed by atoms with E-state index >= 15 is 0 Å². The first kappa shape index (κ1) is 13.3. The van der Waals surface area contributed by atoms with Crippen LogP contribution < -0.4 is 0 Å². The zero-order valence-electron chi connectivity index (χ0n) is 10.2. The van der Waals surface area contributed by atoms with Gasteiger partial charge in [0.25, 0.3) is 0 Å². The molecule has 0 spiro atoms. The predicted octanol–water partition coefficient (Wildman–Crippen LogP) is 4.14. The van der Waals surface area contributed by atoms with E-state index in [1.165, 1.54) is 6.26 Å². The summed E-state index contributed by atoms with van der Waals surface area (Å²) in [5.41, 5.74) is 1.30. The van der Waals surface area contributed by atoms with Crippen molar-refractivity contribution in [3.05, 3.63) is 63.5 Å². The standard InChI is InChI=1S/C15H10BrNO2/c1-10-14(5-6-19-10)15(18)12(9-17)7-11-3-2-4-13(16)8-11/h2-8H,1H3/b12-7+. The van der Waals surface area contributed by atoms with Gasteiger partial charge in [-0.05, 0) is 36.8 Å². The number of ketones is 1. The van der Waals surface area contributed by atoms with Gasteiger partial charge in [0, 0.05) is 4.47 Å². The van der Waals surface area contributed by atoms with E-state index in [2.05, 4.69) is 15.9 Å². The number of hydrogen-bond acceptors (Lipinski definition) is 3. The second kappa shape index (κ2) is 5.68. The van der Waals surface area contributed by atoms with E-state index in [1.54, 1.807) is 19.1 Å². The van der Waals surface area contributed by atoms with Crippen LogP contribution in [0.3, 0.4) is 0 Å². The number of furan rings is 1. The van der Waals surface area contributed by atoms with Crippen molar-refractivity contribution in [1.29, 1.82) is 5.26 Å². The minimum absolute atomic E-state index is 0.0857. The number of halogens is 1. The molecule has 0 aliphatic heterocycles. The number of carbonyl (C=O) groups excluding carboxylic acids is 1. The van der Waals surface area contributed by atoms with Crippen LogP contribution in [0.15, 0.2) is 51.1 Å². The number of nitriles is 1. The van der Waals surface area contributed by atoms with Crippen molar-refractivity contribution < 1.29 is 9.21 Å². The Morgan fingerprint density at radius 1 is 1.42 bits per heavy atom. The summed E-state index contributed by atoms with van der Waals surface area (Å²) in [7, 11) is 0. The molecule has 1 heterocycles. The maximum Gasteiger partial charge on any atom is 0.207 e. The van der Waals surface area contributed by atoms with Crippen LogP contribution in [0.4, 0.5) is 0 Å². The van der Waals surface area contributed by atoms with E-state index in [9.17, 15) is 4.79 Å². The third-order valence-electron chi connectivity index (χ3n) is 2.63. The molecule has 3 nitrogen and oxygen atoms in total. The lowest BCUT2D eigenvalue weighted by molar-refractivity contribution is 0.103. The topological polar surface area (TPSA) is 54.0 Å². The molecule has 0 bridgehead atoms. The molecular formula is C15H10BrNO2. The largest absolute Gasteiger partial charge is 0.469 e. The molecule has 1 aromatic carbocycles. The van der Waals surface area contributed by atoms with Crippen molar-refractivity contribution in [2.45, 2.75) is 6.92 Å². The number of nitrogens with zero attached hydrogens (tertiary/aromatic N) is 1. The highest BCUT2D eigenvalue weighted by atomic mass is 79.9. The van der Waals surface area contributed by atoms with Gasteiger partial charge in [0.05, 0.1) is 11.8 Å². The van der Waals surface area contributed by atoms with Gasteiger partial charge in [-0.2, -0.15) is 5.26 Å². The highest BCUT2D eigenvalue weighted by Gasteiger charge is 2.16. The van der Waals surface area contributed by atoms with Gasteiger partial charge in [-0.3, -0.25) is 4.79 Å². The lowest BCUT2D eigenvalue weighted by atomic mass is 10.0. The first-order valence-corrected chi connectivity index (χ1v) is 6.37. The number of allylic oxidation sites excluding steroid dienone is 1. The van der Waals surface area contributed by atoms with Crippen molar-refractivity contribution in [1.82, 2.24) is 0 Å². The molecule has 1 aromatic heterocycles. The van der Waals surface area contributed by atoms with E-state index in [0.717, 1.165) is 10.0 Å². The Balaban J connectivity index is 2.39. The normalized spacial score (nSPS) is 11.1. The van der Waals surface area contributed by atoms with Crippen molar-refractivity contribution in [3.8, 4) is 6.07 Å². The first-order chi connectivity index (χ1) is 9.11. The van der Waals surface area contributed by atoms with Crippen LogP contribution >= 0.6 is 15.9 Å². The number of rotatable bonds is 3. The Morgan fingerprint density at radius 3 is 2.79 bits per heavy atom. The number of aryl methyl sites for hydroxylation is 1. The molecule has 0 atom stereocenters. The Morgan fingerprint density at radius 2 is 2.21 bits per heavy atom. The van der Waals surface area contributed by atoms with Gasteiger partial charge in [-0.25, -0.2) is 0 Å². The molecule has 19 heavy (non-hydrogen) atoms. The van der Waals surface area contributed by atoms with Gasteiger partial charge in [-0.15, -0.1) is 0 Å². The molecule has 94 valence electrons. The molecule has 0 amide bonds. The minimum atomic E-state index is -0.325. The van der Waals surface area contributed by atoms with Crippen LogP contribution in [0.25, 0.3) is 6.08 Å². The summed E-state index contributed by atoms with van der Waals surface area (Å²) in [4.78, 5) is 12.2. The number of hydrogen-bond donors (Lipinski definition) is 0. The molecule has 0 saturated heterocycles. The van der Waals surface area contributed by atoms with E-state index in [0.29, 0.717) is 11.3 Å². The maximum absolute atomic E-state index is 12.2. The Hall–Kier alpha value is -2.12. The Labute approximate surface area is 119 Å².